The molecule has 0 spiro atoms. The van der Waals surface area contributed by atoms with Crippen LogP contribution in [0.2, 0.25) is 0 Å². The summed E-state index contributed by atoms with van der Waals surface area (Å²) < 4.78 is 3.73. The number of aromatic nitrogens is 2. The Bertz CT molecular complexity index is 1320. The van der Waals surface area contributed by atoms with Gasteiger partial charge in [-0.05, 0) is 60.2 Å². The quantitative estimate of drug-likeness (QED) is 0.499. The van der Waals surface area contributed by atoms with Crippen LogP contribution in [0.1, 0.15) is 33.5 Å². The zero-order chi connectivity index (χ0) is 20.7. The molecule has 0 unspecified atom stereocenters. The second-order valence-corrected chi connectivity index (χ2v) is 7.84. The van der Waals surface area contributed by atoms with Crippen molar-refractivity contribution in [3.05, 3.63) is 94.6 Å². The molecular formula is C25H23N3O2. The zero-order valence-corrected chi connectivity index (χ0v) is 16.6. The van der Waals surface area contributed by atoms with E-state index in [2.05, 4.69) is 0 Å². The van der Waals surface area contributed by atoms with Gasteiger partial charge in [0.2, 0.25) is 5.62 Å². The molecule has 2 N–H and O–H groups in total. The van der Waals surface area contributed by atoms with Crippen LogP contribution in [0.5, 0.6) is 5.75 Å². The predicted molar refractivity (Wildman–Crippen MR) is 116 cm³/mol. The fraction of sp³-hybridized carbons (Fsp3) is 0.200. The summed E-state index contributed by atoms with van der Waals surface area (Å²) in [5.74, 6) is 0.265. The van der Waals surface area contributed by atoms with Crippen LogP contribution in [-0.2, 0) is 25.9 Å². The number of ketones is 1. The Morgan fingerprint density at radius 1 is 0.867 bits per heavy atom. The van der Waals surface area contributed by atoms with E-state index in [-0.39, 0.29) is 18.1 Å². The summed E-state index contributed by atoms with van der Waals surface area (Å²) in [6, 6.07) is 21.3. The number of imidazole rings is 1. The number of nitrogens with zero attached hydrogens (tertiary/aromatic N) is 2. The predicted octanol–water partition coefficient (Wildman–Crippen LogP) is 4.05. The van der Waals surface area contributed by atoms with Crippen molar-refractivity contribution in [3.63, 3.8) is 0 Å². The minimum Gasteiger partial charge on any atom is -0.508 e. The van der Waals surface area contributed by atoms with Gasteiger partial charge in [-0.2, -0.15) is 0 Å². The summed E-state index contributed by atoms with van der Waals surface area (Å²) in [4.78, 5) is 13.3. The first-order valence-corrected chi connectivity index (χ1v) is 10.3. The third kappa shape index (κ3) is 3.03. The lowest BCUT2D eigenvalue weighted by Crippen LogP contribution is -2.28. The molecule has 1 aliphatic rings. The molecule has 150 valence electrons. The van der Waals surface area contributed by atoms with E-state index < -0.39 is 0 Å². The van der Waals surface area contributed by atoms with Crippen molar-refractivity contribution < 1.29 is 9.90 Å². The van der Waals surface area contributed by atoms with Crippen LogP contribution in [0.25, 0.3) is 11.0 Å². The Labute approximate surface area is 174 Å². The van der Waals surface area contributed by atoms with Gasteiger partial charge in [0.05, 0.1) is 24.1 Å². The molecule has 5 heteroatoms. The molecule has 0 amide bonds. The van der Waals surface area contributed by atoms with Crippen molar-refractivity contribution in [3.8, 4) is 5.75 Å². The molecule has 0 fully saturated rings. The van der Waals surface area contributed by atoms with Crippen LogP contribution in [0.4, 0.5) is 0 Å². The number of rotatable bonds is 5. The van der Waals surface area contributed by atoms with Crippen LogP contribution in [-0.4, -0.2) is 20.0 Å². The van der Waals surface area contributed by atoms with Gasteiger partial charge in [-0.3, -0.25) is 10.2 Å². The van der Waals surface area contributed by atoms with E-state index in [0.717, 1.165) is 47.0 Å². The van der Waals surface area contributed by atoms with E-state index in [0.29, 0.717) is 17.7 Å². The van der Waals surface area contributed by atoms with Crippen molar-refractivity contribution in [1.29, 1.82) is 5.41 Å². The topological polar surface area (TPSA) is 71.0 Å². The van der Waals surface area contributed by atoms with Gasteiger partial charge in [0.1, 0.15) is 5.75 Å². The third-order valence-electron chi connectivity index (χ3n) is 6.02. The number of phenolic OH excluding ortho intramolecular Hbond substituents is 1. The molecule has 5 rings (SSSR count). The lowest BCUT2D eigenvalue weighted by molar-refractivity contribution is 0.0970. The number of aromatic hydroxyl groups is 1. The van der Waals surface area contributed by atoms with E-state index in [4.69, 9.17) is 5.41 Å². The van der Waals surface area contributed by atoms with E-state index in [1.807, 2.05) is 59.2 Å². The number of Topliss-reactive ketones (excluding diaryl/α,β-unsaturated/α-hetero) is 1. The molecular weight excluding hydrogens is 374 g/mol. The number of hydrogen-bond donors (Lipinski definition) is 2. The molecule has 0 saturated heterocycles. The molecule has 0 aliphatic heterocycles. The summed E-state index contributed by atoms with van der Waals surface area (Å²) in [7, 11) is 0. The standard InChI is InChI=1S/C25H23N3O2/c26-25-27(15-17-7-2-1-3-8-17)21-11-4-5-12-22(21)28(25)16-24(30)20-13-14-23(29)19-10-6-9-18(19)20/h1-5,7-8,11-14,26,29H,6,9-10,15-16H2. The molecule has 1 aromatic heterocycles. The van der Waals surface area contributed by atoms with Crippen molar-refractivity contribution in [2.75, 3.05) is 0 Å². The first-order chi connectivity index (χ1) is 14.6. The first-order valence-electron chi connectivity index (χ1n) is 10.3. The van der Waals surface area contributed by atoms with Gasteiger partial charge in [0.25, 0.3) is 0 Å². The highest BCUT2D eigenvalue weighted by Crippen LogP contribution is 2.33. The molecule has 1 aliphatic carbocycles. The van der Waals surface area contributed by atoms with E-state index in [9.17, 15) is 9.90 Å². The molecule has 0 bridgehead atoms. The number of para-hydroxylation sites is 2. The van der Waals surface area contributed by atoms with Gasteiger partial charge in [-0.1, -0.05) is 42.5 Å². The molecule has 0 saturated carbocycles. The summed E-state index contributed by atoms with van der Waals surface area (Å²) in [6.45, 7) is 0.689. The van der Waals surface area contributed by atoms with Crippen LogP contribution in [0.15, 0.2) is 66.7 Å². The second kappa shape index (κ2) is 7.34. The fourth-order valence-electron chi connectivity index (χ4n) is 4.56. The summed E-state index contributed by atoms with van der Waals surface area (Å²) in [6.07, 6.45) is 2.59. The SMILES string of the molecule is N=c1n(CC(=O)c2ccc(O)c3c2CCC3)c2ccccc2n1Cc1ccccc1. The van der Waals surface area contributed by atoms with Crippen LogP contribution < -0.4 is 5.62 Å². The Kier molecular flexibility index (Phi) is 4.51. The Morgan fingerprint density at radius 2 is 1.53 bits per heavy atom. The maximum Gasteiger partial charge on any atom is 0.203 e. The summed E-state index contributed by atoms with van der Waals surface area (Å²) in [5.41, 5.74) is 5.79. The lowest BCUT2D eigenvalue weighted by Gasteiger charge is -2.10. The van der Waals surface area contributed by atoms with Gasteiger partial charge in [-0.15, -0.1) is 0 Å². The van der Waals surface area contributed by atoms with Gasteiger partial charge in [-0.25, -0.2) is 0 Å². The highest BCUT2D eigenvalue weighted by molar-refractivity contribution is 5.98. The van der Waals surface area contributed by atoms with Gasteiger partial charge in [0.15, 0.2) is 5.78 Å². The van der Waals surface area contributed by atoms with Crippen molar-refractivity contribution in [1.82, 2.24) is 9.13 Å². The number of hydrogen-bond acceptors (Lipinski definition) is 3. The average molecular weight is 397 g/mol. The molecule has 0 radical (unpaired) electrons. The smallest absolute Gasteiger partial charge is 0.203 e. The van der Waals surface area contributed by atoms with Crippen LogP contribution >= 0.6 is 0 Å². The number of carbonyl (C=O) groups is 1. The lowest BCUT2D eigenvalue weighted by atomic mass is 9.99. The number of phenols is 1. The zero-order valence-electron chi connectivity index (χ0n) is 16.6. The molecule has 3 aromatic carbocycles. The normalized spacial score (nSPS) is 12.9. The van der Waals surface area contributed by atoms with Crippen molar-refractivity contribution in [2.24, 2.45) is 0 Å². The van der Waals surface area contributed by atoms with E-state index in [1.54, 1.807) is 16.7 Å². The largest absolute Gasteiger partial charge is 0.508 e. The Morgan fingerprint density at radius 3 is 2.30 bits per heavy atom. The minimum atomic E-state index is -0.0192. The van der Waals surface area contributed by atoms with Crippen LogP contribution in [0, 0.1) is 5.41 Å². The maximum absolute atomic E-state index is 13.3. The van der Waals surface area contributed by atoms with Crippen molar-refractivity contribution >= 4 is 16.8 Å². The van der Waals surface area contributed by atoms with Gasteiger partial charge >= 0.3 is 0 Å². The maximum atomic E-state index is 13.3. The van der Waals surface area contributed by atoms with Crippen molar-refractivity contribution in [2.45, 2.75) is 32.4 Å². The summed E-state index contributed by atoms with van der Waals surface area (Å²) in [5, 5.41) is 18.9. The Balaban J connectivity index is 1.56. The number of benzene rings is 3. The number of fused-ring (bicyclic) bond motifs is 2. The molecule has 30 heavy (non-hydrogen) atoms. The summed E-state index contributed by atoms with van der Waals surface area (Å²) >= 11 is 0. The molecule has 0 atom stereocenters. The van der Waals surface area contributed by atoms with Crippen LogP contribution in [0.3, 0.4) is 0 Å². The van der Waals surface area contributed by atoms with Gasteiger partial charge in [0, 0.05) is 5.56 Å². The highest BCUT2D eigenvalue weighted by atomic mass is 16.3. The number of carbonyl (C=O) groups excluding carboxylic acids is 1. The Hall–Kier alpha value is -3.60. The van der Waals surface area contributed by atoms with E-state index >= 15 is 0 Å². The number of nitrogens with one attached hydrogen (secondary N) is 1. The molecule has 5 nitrogen and oxygen atoms in total. The third-order valence-corrected chi connectivity index (χ3v) is 6.02. The highest BCUT2D eigenvalue weighted by Gasteiger charge is 2.23. The first kappa shape index (κ1) is 18.4. The minimum absolute atomic E-state index is 0.0192. The second-order valence-electron chi connectivity index (χ2n) is 7.84. The van der Waals surface area contributed by atoms with Gasteiger partial charge < -0.3 is 14.2 Å². The van der Waals surface area contributed by atoms with E-state index in [1.165, 1.54) is 0 Å². The monoisotopic (exact) mass is 397 g/mol. The average Bonchev–Trinajstić information content (AvgIpc) is 3.35. The molecule has 4 aromatic rings. The fourth-order valence-corrected chi connectivity index (χ4v) is 4.56. The molecule has 1 heterocycles.